The molecular formula is C16H20ClN3O. The maximum Gasteiger partial charge on any atom is 0.224 e. The first-order valence-corrected chi connectivity index (χ1v) is 7.52. The Morgan fingerprint density at radius 1 is 1.29 bits per heavy atom. The van der Waals surface area contributed by atoms with Gasteiger partial charge in [0.1, 0.15) is 0 Å². The highest BCUT2D eigenvalue weighted by Gasteiger charge is 2.10. The summed E-state index contributed by atoms with van der Waals surface area (Å²) in [4.78, 5) is 11.7. The van der Waals surface area contributed by atoms with Crippen LogP contribution >= 0.6 is 11.6 Å². The summed E-state index contributed by atoms with van der Waals surface area (Å²) in [5.74, 6) is 0.0544. The van der Waals surface area contributed by atoms with E-state index in [1.54, 1.807) is 4.68 Å². The molecule has 0 aliphatic heterocycles. The summed E-state index contributed by atoms with van der Waals surface area (Å²) in [5.41, 5.74) is 3.45. The number of benzene rings is 1. The van der Waals surface area contributed by atoms with Gasteiger partial charge in [0.25, 0.3) is 0 Å². The van der Waals surface area contributed by atoms with Gasteiger partial charge in [-0.05, 0) is 44.5 Å². The van der Waals surface area contributed by atoms with Crippen molar-refractivity contribution in [1.29, 1.82) is 0 Å². The molecule has 2 rings (SSSR count). The molecule has 0 saturated heterocycles. The number of anilines is 1. The summed E-state index contributed by atoms with van der Waals surface area (Å²) < 4.78 is 1.81. The van der Waals surface area contributed by atoms with Gasteiger partial charge in [-0.1, -0.05) is 24.9 Å². The van der Waals surface area contributed by atoms with Crippen molar-refractivity contribution in [2.45, 2.75) is 40.0 Å². The minimum atomic E-state index is 0.0544. The molecule has 2 aromatic rings. The molecule has 0 radical (unpaired) electrons. The quantitative estimate of drug-likeness (QED) is 0.896. The Morgan fingerprint density at radius 3 is 2.48 bits per heavy atom. The smallest absolute Gasteiger partial charge is 0.224 e. The van der Waals surface area contributed by atoms with Crippen LogP contribution in [0.5, 0.6) is 0 Å². The van der Waals surface area contributed by atoms with Crippen molar-refractivity contribution in [2.24, 2.45) is 0 Å². The molecule has 5 heteroatoms. The molecule has 0 bridgehead atoms. The summed E-state index contributed by atoms with van der Waals surface area (Å²) in [5, 5.41) is 7.99. The number of aromatic nitrogens is 2. The molecule has 1 amide bonds. The second-order valence-electron chi connectivity index (χ2n) is 5.10. The molecule has 0 saturated carbocycles. The fraction of sp³-hybridized carbons (Fsp3) is 0.375. The summed E-state index contributed by atoms with van der Waals surface area (Å²) in [7, 11) is 0. The normalized spacial score (nSPS) is 10.7. The predicted octanol–water partition coefficient (Wildman–Crippen LogP) is 4.27. The van der Waals surface area contributed by atoms with Crippen LogP contribution in [0.3, 0.4) is 0 Å². The van der Waals surface area contributed by atoms with Gasteiger partial charge in [0.15, 0.2) is 0 Å². The second-order valence-corrected chi connectivity index (χ2v) is 5.47. The molecule has 0 spiro atoms. The zero-order chi connectivity index (χ0) is 15.4. The lowest BCUT2D eigenvalue weighted by Crippen LogP contribution is -2.11. The largest absolute Gasteiger partial charge is 0.326 e. The van der Waals surface area contributed by atoms with Gasteiger partial charge in [-0.3, -0.25) is 4.79 Å². The van der Waals surface area contributed by atoms with E-state index >= 15 is 0 Å². The van der Waals surface area contributed by atoms with Gasteiger partial charge < -0.3 is 5.32 Å². The molecule has 1 N–H and O–H groups in total. The Balaban J connectivity index is 2.12. The first-order chi connectivity index (χ1) is 10.0. The summed E-state index contributed by atoms with van der Waals surface area (Å²) in [6.45, 7) is 5.89. The molecule has 0 fully saturated rings. The van der Waals surface area contributed by atoms with Crippen LogP contribution in [0.1, 0.15) is 37.6 Å². The van der Waals surface area contributed by atoms with Crippen molar-refractivity contribution in [3.05, 3.63) is 40.7 Å². The number of hydrogen-bond acceptors (Lipinski definition) is 2. The Morgan fingerprint density at radius 2 is 1.95 bits per heavy atom. The Kier molecular flexibility index (Phi) is 5.02. The highest BCUT2D eigenvalue weighted by molar-refractivity contribution is 6.31. The number of rotatable bonds is 5. The average Bonchev–Trinajstić information content (AvgIpc) is 2.73. The van der Waals surface area contributed by atoms with Crippen LogP contribution in [0, 0.1) is 13.8 Å². The van der Waals surface area contributed by atoms with Crippen LogP contribution < -0.4 is 5.32 Å². The maximum atomic E-state index is 11.7. The third-order valence-corrected chi connectivity index (χ3v) is 3.90. The molecule has 4 nitrogen and oxygen atoms in total. The molecule has 0 aliphatic rings. The number of halogens is 1. The highest BCUT2D eigenvalue weighted by Crippen LogP contribution is 2.23. The lowest BCUT2D eigenvalue weighted by molar-refractivity contribution is -0.116. The zero-order valence-electron chi connectivity index (χ0n) is 12.6. The molecule has 112 valence electrons. The van der Waals surface area contributed by atoms with Crippen molar-refractivity contribution >= 4 is 23.2 Å². The Labute approximate surface area is 130 Å². The van der Waals surface area contributed by atoms with Crippen LogP contribution in [-0.2, 0) is 4.79 Å². The summed E-state index contributed by atoms with van der Waals surface area (Å²) in [6.07, 6.45) is 2.49. The zero-order valence-corrected chi connectivity index (χ0v) is 13.4. The minimum absolute atomic E-state index is 0.0544. The molecule has 0 aliphatic carbocycles. The number of hydrogen-bond donors (Lipinski definition) is 1. The van der Waals surface area contributed by atoms with Gasteiger partial charge in [0, 0.05) is 12.1 Å². The Bertz CT molecular complexity index is 632. The van der Waals surface area contributed by atoms with E-state index in [9.17, 15) is 4.79 Å². The molecule has 1 aromatic carbocycles. The average molecular weight is 306 g/mol. The molecular weight excluding hydrogens is 286 g/mol. The number of nitrogens with zero attached hydrogens (tertiary/aromatic N) is 2. The van der Waals surface area contributed by atoms with Crippen LogP contribution in [0.25, 0.3) is 5.69 Å². The highest BCUT2D eigenvalue weighted by atomic mass is 35.5. The number of aryl methyl sites for hydroxylation is 1. The van der Waals surface area contributed by atoms with Crippen LogP contribution in [0.15, 0.2) is 24.3 Å². The van der Waals surface area contributed by atoms with E-state index in [0.717, 1.165) is 35.6 Å². The predicted molar refractivity (Wildman–Crippen MR) is 86.2 cm³/mol. The molecule has 21 heavy (non-hydrogen) atoms. The van der Waals surface area contributed by atoms with Gasteiger partial charge in [0.05, 0.1) is 22.1 Å². The van der Waals surface area contributed by atoms with Gasteiger partial charge in [-0.25, -0.2) is 4.68 Å². The fourth-order valence-electron chi connectivity index (χ4n) is 2.12. The van der Waals surface area contributed by atoms with Crippen LogP contribution in [-0.4, -0.2) is 15.7 Å². The van der Waals surface area contributed by atoms with Crippen molar-refractivity contribution in [3.8, 4) is 5.69 Å². The van der Waals surface area contributed by atoms with Gasteiger partial charge in [0.2, 0.25) is 5.91 Å². The van der Waals surface area contributed by atoms with E-state index in [4.69, 9.17) is 11.6 Å². The standard InChI is InChI=1S/C16H20ClN3O/c1-4-5-6-15(21)18-13-7-9-14(10-8-13)20-12(3)16(17)11(2)19-20/h7-10H,4-6H2,1-3H3,(H,18,21). The van der Waals surface area contributed by atoms with E-state index in [2.05, 4.69) is 17.3 Å². The third kappa shape index (κ3) is 3.64. The van der Waals surface area contributed by atoms with Crippen LogP contribution in [0.2, 0.25) is 5.02 Å². The number of amides is 1. The van der Waals surface area contributed by atoms with E-state index in [1.165, 1.54) is 0 Å². The third-order valence-electron chi connectivity index (χ3n) is 3.36. The van der Waals surface area contributed by atoms with Crippen molar-refractivity contribution < 1.29 is 4.79 Å². The molecule has 0 atom stereocenters. The fourth-order valence-corrected chi connectivity index (χ4v) is 2.24. The van der Waals surface area contributed by atoms with E-state index < -0.39 is 0 Å². The molecule has 1 heterocycles. The monoisotopic (exact) mass is 305 g/mol. The van der Waals surface area contributed by atoms with Gasteiger partial charge in [-0.2, -0.15) is 5.10 Å². The minimum Gasteiger partial charge on any atom is -0.326 e. The number of carbonyl (C=O) groups is 1. The number of carbonyl (C=O) groups excluding carboxylic acids is 1. The number of nitrogens with one attached hydrogen (secondary N) is 1. The summed E-state index contributed by atoms with van der Waals surface area (Å²) in [6, 6.07) is 7.60. The SMILES string of the molecule is CCCCC(=O)Nc1ccc(-n2nc(C)c(Cl)c2C)cc1. The van der Waals surface area contributed by atoms with Gasteiger partial charge in [-0.15, -0.1) is 0 Å². The van der Waals surface area contributed by atoms with Crippen molar-refractivity contribution in [2.75, 3.05) is 5.32 Å². The maximum absolute atomic E-state index is 11.7. The lowest BCUT2D eigenvalue weighted by atomic mass is 10.2. The first-order valence-electron chi connectivity index (χ1n) is 7.15. The lowest BCUT2D eigenvalue weighted by Gasteiger charge is -2.07. The first kappa shape index (κ1) is 15.6. The van der Waals surface area contributed by atoms with E-state index in [-0.39, 0.29) is 5.91 Å². The molecule has 0 unspecified atom stereocenters. The van der Waals surface area contributed by atoms with Crippen LogP contribution in [0.4, 0.5) is 5.69 Å². The number of unbranched alkanes of at least 4 members (excludes halogenated alkanes) is 1. The van der Waals surface area contributed by atoms with Gasteiger partial charge >= 0.3 is 0 Å². The second kappa shape index (κ2) is 6.76. The Hall–Kier alpha value is -1.81. The van der Waals surface area contributed by atoms with Crippen molar-refractivity contribution in [3.63, 3.8) is 0 Å². The topological polar surface area (TPSA) is 46.9 Å². The van der Waals surface area contributed by atoms with Crippen molar-refractivity contribution in [1.82, 2.24) is 9.78 Å². The van der Waals surface area contributed by atoms with E-state index in [0.29, 0.717) is 11.4 Å². The van der Waals surface area contributed by atoms with E-state index in [1.807, 2.05) is 38.1 Å². The molecule has 1 aromatic heterocycles. The summed E-state index contributed by atoms with van der Waals surface area (Å²) >= 11 is 6.16.